The molecule has 0 aliphatic carbocycles. The van der Waals surface area contributed by atoms with E-state index >= 15 is 0 Å². The first-order valence-electron chi connectivity index (χ1n) is 18.9. The number of fused-ring (bicyclic) bond motifs is 9. The lowest BCUT2D eigenvalue weighted by Crippen LogP contribution is -2.00. The van der Waals surface area contributed by atoms with Crippen molar-refractivity contribution in [3.63, 3.8) is 0 Å². The Labute approximate surface area is 325 Å². The molecule has 0 saturated heterocycles. The lowest BCUT2D eigenvalue weighted by atomic mass is 9.91. The van der Waals surface area contributed by atoms with Crippen molar-refractivity contribution in [3.05, 3.63) is 176 Å². The maximum Gasteiger partial charge on any atom is 0.164 e. The quantitative estimate of drug-likeness (QED) is 0.175. The Hall–Kier alpha value is -7.83. The van der Waals surface area contributed by atoms with Crippen LogP contribution in [0.4, 0.5) is 0 Å². The number of hydrogen-bond donors (Lipinski definition) is 0. The zero-order valence-corrected chi connectivity index (χ0v) is 30.3. The molecule has 0 amide bonds. The summed E-state index contributed by atoms with van der Waals surface area (Å²) >= 11 is 0. The second-order valence-corrected chi connectivity index (χ2v) is 14.3. The largest absolute Gasteiger partial charge is 0.456 e. The number of benzene rings is 8. The molecule has 0 aliphatic rings. The van der Waals surface area contributed by atoms with Crippen LogP contribution in [-0.2, 0) is 0 Å². The highest BCUT2D eigenvalue weighted by molar-refractivity contribution is 6.14. The summed E-state index contributed by atoms with van der Waals surface area (Å²) in [5.41, 5.74) is 12.0. The van der Waals surface area contributed by atoms with Crippen LogP contribution in [0.1, 0.15) is 0 Å². The van der Waals surface area contributed by atoms with E-state index in [0.29, 0.717) is 17.5 Å². The highest BCUT2D eigenvalue weighted by atomic mass is 16.3. The van der Waals surface area contributed by atoms with Gasteiger partial charge >= 0.3 is 0 Å². The molecule has 6 nitrogen and oxygen atoms in total. The standard InChI is InChI=1S/C51H29N3O3/c1-2-11-30(12-3-1)49-52-50(32-22-25-37-36-15-6-8-18-42(36)56-46(37)28-32)54-51(53-49)33-23-26-39-38-24-21-31(27-45(38)57-47(39)29-33)34-13-4-5-14-35(34)40-17-10-20-44-48(40)41-16-7-9-19-43(41)55-44/h1-29H. The van der Waals surface area contributed by atoms with Crippen molar-refractivity contribution in [3.8, 4) is 56.4 Å². The Kier molecular flexibility index (Phi) is 6.83. The molecular weight excluding hydrogens is 703 g/mol. The fraction of sp³-hybridized carbons (Fsp3) is 0. The van der Waals surface area contributed by atoms with Gasteiger partial charge in [0, 0.05) is 49.0 Å². The third-order valence-electron chi connectivity index (χ3n) is 11.0. The summed E-state index contributed by atoms with van der Waals surface area (Å²) in [7, 11) is 0. The van der Waals surface area contributed by atoms with Gasteiger partial charge in [0.05, 0.1) is 0 Å². The summed E-state index contributed by atoms with van der Waals surface area (Å²) in [4.78, 5) is 15.0. The van der Waals surface area contributed by atoms with Crippen LogP contribution in [0.15, 0.2) is 189 Å². The molecule has 6 heteroatoms. The molecule has 8 aromatic carbocycles. The second-order valence-electron chi connectivity index (χ2n) is 14.3. The molecule has 0 bridgehead atoms. The van der Waals surface area contributed by atoms with Gasteiger partial charge in [-0.1, -0.05) is 121 Å². The van der Waals surface area contributed by atoms with Gasteiger partial charge in [0.1, 0.15) is 33.5 Å². The van der Waals surface area contributed by atoms with E-state index in [0.717, 1.165) is 105 Å². The Morgan fingerprint density at radius 1 is 0.263 bits per heavy atom. The molecule has 12 rings (SSSR count). The number of furan rings is 3. The number of para-hydroxylation sites is 2. The minimum Gasteiger partial charge on any atom is -0.456 e. The normalized spacial score (nSPS) is 11.9. The molecule has 4 heterocycles. The first-order chi connectivity index (χ1) is 28.2. The molecule has 0 fully saturated rings. The number of aromatic nitrogens is 3. The van der Waals surface area contributed by atoms with Crippen LogP contribution >= 0.6 is 0 Å². The zero-order valence-electron chi connectivity index (χ0n) is 30.3. The van der Waals surface area contributed by atoms with Crippen molar-refractivity contribution >= 4 is 65.8 Å². The molecule has 0 N–H and O–H groups in total. The molecule has 12 aromatic rings. The lowest BCUT2D eigenvalue weighted by molar-refractivity contribution is 0.668. The van der Waals surface area contributed by atoms with Gasteiger partial charge in [0.25, 0.3) is 0 Å². The first kappa shape index (κ1) is 31.5. The molecule has 0 radical (unpaired) electrons. The van der Waals surface area contributed by atoms with Crippen LogP contribution in [-0.4, -0.2) is 15.0 Å². The topological polar surface area (TPSA) is 78.1 Å². The predicted octanol–water partition coefficient (Wildman–Crippen LogP) is 13.9. The fourth-order valence-corrected chi connectivity index (χ4v) is 8.27. The van der Waals surface area contributed by atoms with Gasteiger partial charge in [-0.05, 0) is 76.9 Å². The van der Waals surface area contributed by atoms with Crippen molar-refractivity contribution in [2.24, 2.45) is 0 Å². The molecule has 0 unspecified atom stereocenters. The predicted molar refractivity (Wildman–Crippen MR) is 229 cm³/mol. The van der Waals surface area contributed by atoms with E-state index in [9.17, 15) is 0 Å². The average molecular weight is 732 g/mol. The third kappa shape index (κ3) is 5.08. The van der Waals surface area contributed by atoms with Gasteiger partial charge < -0.3 is 13.3 Å². The van der Waals surface area contributed by atoms with Gasteiger partial charge in [0.2, 0.25) is 0 Å². The maximum atomic E-state index is 6.65. The summed E-state index contributed by atoms with van der Waals surface area (Å²) in [5, 5.41) is 6.42. The molecule has 0 aliphatic heterocycles. The Bertz CT molecular complexity index is 3540. The summed E-state index contributed by atoms with van der Waals surface area (Å²) in [5.74, 6) is 1.71. The van der Waals surface area contributed by atoms with E-state index in [1.54, 1.807) is 0 Å². The summed E-state index contributed by atoms with van der Waals surface area (Å²) < 4.78 is 19.1. The number of hydrogen-bond acceptors (Lipinski definition) is 6. The van der Waals surface area contributed by atoms with E-state index in [1.165, 1.54) is 0 Å². The van der Waals surface area contributed by atoms with Crippen LogP contribution in [0.25, 0.3) is 122 Å². The van der Waals surface area contributed by atoms with Gasteiger partial charge in [-0.25, -0.2) is 15.0 Å². The number of nitrogens with zero attached hydrogens (tertiary/aromatic N) is 3. The highest BCUT2D eigenvalue weighted by Gasteiger charge is 2.19. The molecule has 57 heavy (non-hydrogen) atoms. The lowest BCUT2D eigenvalue weighted by Gasteiger charge is -2.11. The molecule has 0 spiro atoms. The van der Waals surface area contributed by atoms with E-state index in [-0.39, 0.29) is 0 Å². The van der Waals surface area contributed by atoms with Crippen molar-refractivity contribution in [2.45, 2.75) is 0 Å². The number of rotatable bonds is 5. The first-order valence-corrected chi connectivity index (χ1v) is 18.9. The fourth-order valence-electron chi connectivity index (χ4n) is 8.27. The summed E-state index contributed by atoms with van der Waals surface area (Å²) in [6.07, 6.45) is 0. The monoisotopic (exact) mass is 731 g/mol. The van der Waals surface area contributed by atoms with Gasteiger partial charge in [-0.3, -0.25) is 0 Å². The van der Waals surface area contributed by atoms with Crippen molar-refractivity contribution in [1.82, 2.24) is 15.0 Å². The average Bonchev–Trinajstić information content (AvgIpc) is 3.97. The third-order valence-corrected chi connectivity index (χ3v) is 11.0. The molecular formula is C51H29N3O3. The van der Waals surface area contributed by atoms with E-state index in [2.05, 4.69) is 91.0 Å². The zero-order chi connectivity index (χ0) is 37.5. The molecule has 0 atom stereocenters. The van der Waals surface area contributed by atoms with E-state index in [4.69, 9.17) is 28.2 Å². The van der Waals surface area contributed by atoms with Crippen LogP contribution in [0.5, 0.6) is 0 Å². The van der Waals surface area contributed by atoms with Crippen LogP contribution in [0, 0.1) is 0 Å². The minimum atomic E-state index is 0.557. The Morgan fingerprint density at radius 2 is 0.702 bits per heavy atom. The van der Waals surface area contributed by atoms with E-state index in [1.807, 2.05) is 84.9 Å². The van der Waals surface area contributed by atoms with Gasteiger partial charge in [-0.15, -0.1) is 0 Å². The van der Waals surface area contributed by atoms with Crippen molar-refractivity contribution in [2.75, 3.05) is 0 Å². The minimum absolute atomic E-state index is 0.557. The summed E-state index contributed by atoms with van der Waals surface area (Å²) in [6, 6.07) is 59.9. The second kappa shape index (κ2) is 12.3. The van der Waals surface area contributed by atoms with E-state index < -0.39 is 0 Å². The SMILES string of the molecule is c1ccc(-c2nc(-c3ccc4c(c3)oc3ccccc34)nc(-c3ccc4c(c3)oc3cc(-c5ccccc5-c5cccc6oc7ccccc7c56)ccc34)n2)cc1. The highest BCUT2D eigenvalue weighted by Crippen LogP contribution is 2.42. The maximum absolute atomic E-state index is 6.65. The van der Waals surface area contributed by atoms with Crippen LogP contribution < -0.4 is 0 Å². The van der Waals surface area contributed by atoms with Gasteiger partial charge in [0.15, 0.2) is 17.5 Å². The van der Waals surface area contributed by atoms with Crippen molar-refractivity contribution < 1.29 is 13.3 Å². The molecule has 266 valence electrons. The van der Waals surface area contributed by atoms with Crippen molar-refractivity contribution in [1.29, 1.82) is 0 Å². The van der Waals surface area contributed by atoms with Crippen LogP contribution in [0.2, 0.25) is 0 Å². The Balaban J connectivity index is 0.969. The summed E-state index contributed by atoms with van der Waals surface area (Å²) in [6.45, 7) is 0. The molecule has 0 saturated carbocycles. The van der Waals surface area contributed by atoms with Gasteiger partial charge in [-0.2, -0.15) is 0 Å². The van der Waals surface area contributed by atoms with Crippen LogP contribution in [0.3, 0.4) is 0 Å². The Morgan fingerprint density at radius 3 is 1.39 bits per heavy atom. The smallest absolute Gasteiger partial charge is 0.164 e. The molecule has 4 aromatic heterocycles.